The van der Waals surface area contributed by atoms with Gasteiger partial charge in [0.1, 0.15) is 5.78 Å². The topological polar surface area (TPSA) is 17.1 Å². The maximum absolute atomic E-state index is 10.6. The van der Waals surface area contributed by atoms with Crippen LogP contribution in [0.4, 0.5) is 0 Å². The van der Waals surface area contributed by atoms with E-state index in [0.29, 0.717) is 12.8 Å². The van der Waals surface area contributed by atoms with Crippen molar-refractivity contribution >= 4 is 5.78 Å². The zero-order chi connectivity index (χ0) is 10.2. The molecule has 1 heteroatoms. The Balaban J connectivity index is 2.30. The van der Waals surface area contributed by atoms with Gasteiger partial charge in [-0.15, -0.1) is 5.92 Å². The average Bonchev–Trinajstić information content (AvgIpc) is 2.18. The minimum Gasteiger partial charge on any atom is -0.300 e. The van der Waals surface area contributed by atoms with Gasteiger partial charge in [0, 0.05) is 19.3 Å². The van der Waals surface area contributed by atoms with Gasteiger partial charge >= 0.3 is 0 Å². The fourth-order valence-corrected chi connectivity index (χ4v) is 1.09. The van der Waals surface area contributed by atoms with Crippen LogP contribution in [0.2, 0.25) is 0 Å². The SMILES string of the molecule is CC(=O)CCC#CCc1ccccc1. The van der Waals surface area contributed by atoms with Gasteiger partial charge in [0.15, 0.2) is 0 Å². The fourth-order valence-electron chi connectivity index (χ4n) is 1.09. The van der Waals surface area contributed by atoms with Gasteiger partial charge in [0.05, 0.1) is 0 Å². The molecule has 0 saturated heterocycles. The van der Waals surface area contributed by atoms with Crippen molar-refractivity contribution in [1.29, 1.82) is 0 Å². The van der Waals surface area contributed by atoms with E-state index in [9.17, 15) is 4.79 Å². The minimum absolute atomic E-state index is 0.207. The Morgan fingerprint density at radius 1 is 1.21 bits per heavy atom. The Hall–Kier alpha value is -1.55. The molecule has 0 bridgehead atoms. The first kappa shape index (κ1) is 10.5. The number of carbonyl (C=O) groups excluding carboxylic acids is 1. The smallest absolute Gasteiger partial charge is 0.130 e. The number of carbonyl (C=O) groups is 1. The normalized spacial score (nSPS) is 8.93. The van der Waals surface area contributed by atoms with Gasteiger partial charge in [0.25, 0.3) is 0 Å². The van der Waals surface area contributed by atoms with E-state index in [0.717, 1.165) is 6.42 Å². The summed E-state index contributed by atoms with van der Waals surface area (Å²) in [6, 6.07) is 10.1. The molecule has 0 N–H and O–H groups in total. The van der Waals surface area contributed by atoms with Crippen molar-refractivity contribution in [2.24, 2.45) is 0 Å². The molecule has 14 heavy (non-hydrogen) atoms. The summed E-state index contributed by atoms with van der Waals surface area (Å²) in [5.41, 5.74) is 1.22. The standard InChI is InChI=1S/C13H14O/c1-12(14)8-4-2-5-9-13-10-6-3-7-11-13/h3,6-7,10-11H,4,8-9H2,1H3. The van der Waals surface area contributed by atoms with Crippen LogP contribution in [-0.2, 0) is 11.2 Å². The Bertz CT molecular complexity index is 340. The number of rotatable bonds is 3. The Morgan fingerprint density at radius 2 is 1.93 bits per heavy atom. The number of ketones is 1. The molecular formula is C13H14O. The van der Waals surface area contributed by atoms with E-state index in [4.69, 9.17) is 0 Å². The van der Waals surface area contributed by atoms with Crippen LogP contribution in [0.15, 0.2) is 30.3 Å². The van der Waals surface area contributed by atoms with Crippen molar-refractivity contribution in [3.8, 4) is 11.8 Å². The summed E-state index contributed by atoms with van der Waals surface area (Å²) in [4.78, 5) is 10.6. The summed E-state index contributed by atoms with van der Waals surface area (Å²) in [6.45, 7) is 1.60. The summed E-state index contributed by atoms with van der Waals surface area (Å²) >= 11 is 0. The fraction of sp³-hybridized carbons (Fsp3) is 0.308. The first-order valence-electron chi connectivity index (χ1n) is 4.78. The van der Waals surface area contributed by atoms with Gasteiger partial charge < -0.3 is 0 Å². The lowest BCUT2D eigenvalue weighted by atomic mass is 10.1. The predicted octanol–water partition coefficient (Wildman–Crippen LogP) is 2.60. The molecule has 0 aliphatic heterocycles. The third-order valence-corrected chi connectivity index (χ3v) is 1.86. The molecule has 0 saturated carbocycles. The van der Waals surface area contributed by atoms with Crippen LogP contribution in [-0.4, -0.2) is 5.78 Å². The number of hydrogen-bond donors (Lipinski definition) is 0. The van der Waals surface area contributed by atoms with E-state index >= 15 is 0 Å². The summed E-state index contributed by atoms with van der Waals surface area (Å²) in [5.74, 6) is 6.26. The van der Waals surface area contributed by atoms with Crippen LogP contribution < -0.4 is 0 Å². The second kappa shape index (κ2) is 5.99. The number of hydrogen-bond acceptors (Lipinski definition) is 1. The molecule has 0 amide bonds. The third kappa shape index (κ3) is 4.47. The molecule has 72 valence electrons. The quantitative estimate of drug-likeness (QED) is 0.663. The molecule has 0 heterocycles. The molecule has 0 aromatic heterocycles. The third-order valence-electron chi connectivity index (χ3n) is 1.86. The highest BCUT2D eigenvalue weighted by atomic mass is 16.1. The maximum Gasteiger partial charge on any atom is 0.130 e. The highest BCUT2D eigenvalue weighted by Crippen LogP contribution is 1.98. The second-order valence-electron chi connectivity index (χ2n) is 3.22. The van der Waals surface area contributed by atoms with E-state index in [-0.39, 0.29) is 5.78 Å². The van der Waals surface area contributed by atoms with Crippen LogP contribution in [0.5, 0.6) is 0 Å². The van der Waals surface area contributed by atoms with Crippen LogP contribution in [0, 0.1) is 11.8 Å². The van der Waals surface area contributed by atoms with E-state index < -0.39 is 0 Å². The summed E-state index contributed by atoms with van der Waals surface area (Å²) in [7, 11) is 0. The van der Waals surface area contributed by atoms with Crippen molar-refractivity contribution in [2.45, 2.75) is 26.2 Å². The van der Waals surface area contributed by atoms with Crippen molar-refractivity contribution in [3.05, 3.63) is 35.9 Å². The van der Waals surface area contributed by atoms with Gasteiger partial charge in [0.2, 0.25) is 0 Å². The zero-order valence-corrected chi connectivity index (χ0v) is 8.42. The first-order valence-corrected chi connectivity index (χ1v) is 4.78. The highest BCUT2D eigenvalue weighted by Gasteiger charge is 1.88. The van der Waals surface area contributed by atoms with Crippen LogP contribution >= 0.6 is 0 Å². The Labute approximate surface area is 85.1 Å². The van der Waals surface area contributed by atoms with Gasteiger partial charge in [-0.25, -0.2) is 0 Å². The van der Waals surface area contributed by atoms with Gasteiger partial charge in [-0.2, -0.15) is 0 Å². The molecule has 0 atom stereocenters. The second-order valence-corrected chi connectivity index (χ2v) is 3.22. The minimum atomic E-state index is 0.207. The first-order chi connectivity index (χ1) is 6.79. The average molecular weight is 186 g/mol. The lowest BCUT2D eigenvalue weighted by Gasteiger charge is -1.91. The lowest BCUT2D eigenvalue weighted by Crippen LogP contribution is -1.86. The highest BCUT2D eigenvalue weighted by molar-refractivity contribution is 5.75. The number of Topliss-reactive ketones (excluding diaryl/α,β-unsaturated/α-hetero) is 1. The van der Waals surface area contributed by atoms with E-state index in [2.05, 4.69) is 24.0 Å². The molecule has 1 nitrogen and oxygen atoms in total. The molecule has 1 rings (SSSR count). The van der Waals surface area contributed by atoms with Crippen LogP contribution in [0.25, 0.3) is 0 Å². The zero-order valence-electron chi connectivity index (χ0n) is 8.42. The molecule has 1 aromatic carbocycles. The van der Waals surface area contributed by atoms with Crippen LogP contribution in [0.3, 0.4) is 0 Å². The van der Waals surface area contributed by atoms with E-state index in [1.165, 1.54) is 5.56 Å². The largest absolute Gasteiger partial charge is 0.300 e. The predicted molar refractivity (Wildman–Crippen MR) is 57.8 cm³/mol. The van der Waals surface area contributed by atoms with Crippen molar-refractivity contribution < 1.29 is 4.79 Å². The molecule has 0 radical (unpaired) electrons. The number of benzene rings is 1. The van der Waals surface area contributed by atoms with Gasteiger partial charge in [-0.05, 0) is 12.5 Å². The summed E-state index contributed by atoms with van der Waals surface area (Å²) in [6.07, 6.45) is 2.03. The molecule has 0 aliphatic rings. The Kier molecular flexibility index (Phi) is 4.50. The molecule has 0 unspecified atom stereocenters. The lowest BCUT2D eigenvalue weighted by molar-refractivity contribution is -0.116. The molecule has 0 spiro atoms. The van der Waals surface area contributed by atoms with E-state index in [1.54, 1.807) is 6.92 Å². The molecule has 0 aliphatic carbocycles. The molecular weight excluding hydrogens is 172 g/mol. The van der Waals surface area contributed by atoms with E-state index in [1.807, 2.05) is 18.2 Å². The van der Waals surface area contributed by atoms with Gasteiger partial charge in [-0.1, -0.05) is 36.3 Å². The van der Waals surface area contributed by atoms with Crippen LogP contribution in [0.1, 0.15) is 25.3 Å². The Morgan fingerprint density at radius 3 is 2.57 bits per heavy atom. The van der Waals surface area contributed by atoms with Crippen molar-refractivity contribution in [3.63, 3.8) is 0 Å². The maximum atomic E-state index is 10.6. The summed E-state index contributed by atoms with van der Waals surface area (Å²) < 4.78 is 0. The summed E-state index contributed by atoms with van der Waals surface area (Å²) in [5, 5.41) is 0. The molecule has 0 fully saturated rings. The van der Waals surface area contributed by atoms with Crippen molar-refractivity contribution in [1.82, 2.24) is 0 Å². The molecule has 1 aromatic rings. The van der Waals surface area contributed by atoms with Crippen molar-refractivity contribution in [2.75, 3.05) is 0 Å². The monoisotopic (exact) mass is 186 g/mol. The van der Waals surface area contributed by atoms with Gasteiger partial charge in [-0.3, -0.25) is 4.79 Å².